The van der Waals surface area contributed by atoms with E-state index in [2.05, 4.69) is 38.5 Å². The minimum absolute atomic E-state index is 0.255. The molecule has 1 aliphatic heterocycles. The van der Waals surface area contributed by atoms with Gasteiger partial charge in [0.05, 0.1) is 0 Å². The lowest BCUT2D eigenvalue weighted by Crippen LogP contribution is -2.34. The molecule has 0 N–H and O–H groups in total. The number of carbonyl (C=O) groups excluding carboxylic acids is 1. The fourth-order valence-electron chi connectivity index (χ4n) is 1.82. The number of piperidine rings is 1. The molecule has 3 nitrogen and oxygen atoms in total. The first-order valence-corrected chi connectivity index (χ1v) is 6.19. The molecule has 4 heteroatoms. The molecule has 0 atom stereocenters. The van der Waals surface area contributed by atoms with Crippen LogP contribution in [0.4, 0.5) is 5.82 Å². The van der Waals surface area contributed by atoms with Gasteiger partial charge in [0.15, 0.2) is 0 Å². The van der Waals surface area contributed by atoms with E-state index >= 15 is 0 Å². The maximum absolute atomic E-state index is 10.6. The van der Waals surface area contributed by atoms with Crippen molar-refractivity contribution in [3.05, 3.63) is 21.9 Å². The molecule has 2 rings (SSSR count). The van der Waals surface area contributed by atoms with Crippen LogP contribution in [0.25, 0.3) is 0 Å². The Kier molecular flexibility index (Phi) is 3.56. The van der Waals surface area contributed by atoms with Gasteiger partial charge in [-0.15, -0.1) is 0 Å². The van der Waals surface area contributed by atoms with E-state index in [-0.39, 0.29) is 5.92 Å². The smallest absolute Gasteiger partial charge is 0.128 e. The van der Waals surface area contributed by atoms with Crippen molar-refractivity contribution in [3.63, 3.8) is 0 Å². The average Bonchev–Trinajstić information content (AvgIpc) is 2.30. The molecule has 2 heterocycles. The Morgan fingerprint density at radius 1 is 1.40 bits per heavy atom. The number of hydrogen-bond donors (Lipinski definition) is 0. The van der Waals surface area contributed by atoms with Gasteiger partial charge in [-0.2, -0.15) is 0 Å². The van der Waals surface area contributed by atoms with Crippen LogP contribution in [0.3, 0.4) is 0 Å². The first-order valence-electron chi connectivity index (χ1n) is 5.11. The second-order valence-electron chi connectivity index (χ2n) is 3.80. The number of nitrogens with zero attached hydrogens (tertiary/aromatic N) is 2. The van der Waals surface area contributed by atoms with Crippen molar-refractivity contribution in [1.82, 2.24) is 4.98 Å². The fourth-order valence-corrected chi connectivity index (χ4v) is 2.14. The molecule has 0 amide bonds. The highest BCUT2D eigenvalue weighted by Gasteiger charge is 2.19. The molecule has 0 unspecified atom stereocenters. The molecule has 1 aromatic rings. The van der Waals surface area contributed by atoms with E-state index in [1.807, 2.05) is 12.3 Å². The van der Waals surface area contributed by atoms with Crippen LogP contribution >= 0.6 is 22.6 Å². The first-order chi connectivity index (χ1) is 7.29. The number of carbonyl (C=O) groups is 1. The van der Waals surface area contributed by atoms with Crippen LogP contribution in [0.5, 0.6) is 0 Å². The van der Waals surface area contributed by atoms with Crippen molar-refractivity contribution in [2.75, 3.05) is 18.0 Å². The summed E-state index contributed by atoms with van der Waals surface area (Å²) in [5.41, 5.74) is 0. The summed E-state index contributed by atoms with van der Waals surface area (Å²) in [6, 6.07) is 4.11. The predicted octanol–water partition coefficient (Wildman–Crippen LogP) is 2.10. The van der Waals surface area contributed by atoms with Crippen LogP contribution in [0.1, 0.15) is 12.8 Å². The van der Waals surface area contributed by atoms with Crippen molar-refractivity contribution >= 4 is 34.7 Å². The van der Waals surface area contributed by atoms with Crippen molar-refractivity contribution < 1.29 is 4.79 Å². The van der Waals surface area contributed by atoms with Crippen LogP contribution < -0.4 is 4.90 Å². The summed E-state index contributed by atoms with van der Waals surface area (Å²) in [5.74, 6) is 1.28. The van der Waals surface area contributed by atoms with E-state index < -0.39 is 0 Å². The molecule has 0 radical (unpaired) electrons. The van der Waals surface area contributed by atoms with Gasteiger partial charge in [-0.1, -0.05) is 0 Å². The molecule has 15 heavy (non-hydrogen) atoms. The Labute approximate surface area is 103 Å². The van der Waals surface area contributed by atoms with Gasteiger partial charge < -0.3 is 9.69 Å². The molecule has 0 aromatic carbocycles. The van der Waals surface area contributed by atoms with E-state index in [0.29, 0.717) is 0 Å². The van der Waals surface area contributed by atoms with Crippen LogP contribution in [0.15, 0.2) is 18.3 Å². The highest BCUT2D eigenvalue weighted by molar-refractivity contribution is 14.1. The summed E-state index contributed by atoms with van der Waals surface area (Å²) < 4.78 is 1.15. The maximum Gasteiger partial charge on any atom is 0.128 e. The monoisotopic (exact) mass is 316 g/mol. The lowest BCUT2D eigenvalue weighted by atomic mass is 9.99. The molecule has 0 aliphatic carbocycles. The number of pyridine rings is 1. The molecule has 1 fully saturated rings. The van der Waals surface area contributed by atoms with E-state index in [1.54, 1.807) is 0 Å². The van der Waals surface area contributed by atoms with Crippen LogP contribution in [0, 0.1) is 9.49 Å². The van der Waals surface area contributed by atoms with Crippen molar-refractivity contribution in [3.8, 4) is 0 Å². The third-order valence-corrected chi connectivity index (χ3v) is 3.41. The number of anilines is 1. The first kappa shape index (κ1) is 10.9. The van der Waals surface area contributed by atoms with E-state index in [0.717, 1.165) is 41.6 Å². The summed E-state index contributed by atoms with van der Waals surface area (Å²) in [5, 5.41) is 0. The molecule has 1 saturated heterocycles. The minimum atomic E-state index is 0.255. The van der Waals surface area contributed by atoms with Gasteiger partial charge >= 0.3 is 0 Å². The molecule has 0 spiro atoms. The van der Waals surface area contributed by atoms with Gasteiger partial charge in [0, 0.05) is 28.8 Å². The lowest BCUT2D eigenvalue weighted by molar-refractivity contribution is -0.111. The molecule has 0 saturated carbocycles. The van der Waals surface area contributed by atoms with Gasteiger partial charge in [0.1, 0.15) is 12.1 Å². The Hall–Kier alpha value is -0.650. The highest BCUT2D eigenvalue weighted by Crippen LogP contribution is 2.20. The fraction of sp³-hybridized carbons (Fsp3) is 0.455. The highest BCUT2D eigenvalue weighted by atomic mass is 127. The Balaban J connectivity index is 2.01. The maximum atomic E-state index is 10.6. The van der Waals surface area contributed by atoms with Crippen LogP contribution in [0.2, 0.25) is 0 Å². The average molecular weight is 316 g/mol. The zero-order valence-corrected chi connectivity index (χ0v) is 10.6. The molecule has 80 valence electrons. The summed E-state index contributed by atoms with van der Waals surface area (Å²) in [6.45, 7) is 1.88. The third kappa shape index (κ3) is 2.68. The van der Waals surface area contributed by atoms with Crippen molar-refractivity contribution in [2.45, 2.75) is 12.8 Å². The quantitative estimate of drug-likeness (QED) is 0.619. The standard InChI is InChI=1S/C11H13IN2O/c12-10-1-2-11(13-7-10)14-5-3-9(8-15)4-6-14/h1-2,7-9H,3-6H2. The Morgan fingerprint density at radius 3 is 2.67 bits per heavy atom. The summed E-state index contributed by atoms with van der Waals surface area (Å²) in [6.07, 6.45) is 4.87. The number of aldehydes is 1. The van der Waals surface area contributed by atoms with Gasteiger partial charge in [-0.25, -0.2) is 4.98 Å². The molecule has 1 aliphatic rings. The number of halogens is 1. The normalized spacial score (nSPS) is 17.8. The lowest BCUT2D eigenvalue weighted by Gasteiger charge is -2.30. The summed E-state index contributed by atoms with van der Waals surface area (Å²) >= 11 is 2.25. The third-order valence-electron chi connectivity index (χ3n) is 2.77. The largest absolute Gasteiger partial charge is 0.357 e. The molecular formula is C11H13IN2O. The number of rotatable bonds is 2. The Bertz CT molecular complexity index is 331. The SMILES string of the molecule is O=CC1CCN(c2ccc(I)cn2)CC1. The molecule has 0 bridgehead atoms. The predicted molar refractivity (Wildman–Crippen MR) is 68.0 cm³/mol. The second-order valence-corrected chi connectivity index (χ2v) is 5.04. The topological polar surface area (TPSA) is 33.2 Å². The Morgan fingerprint density at radius 2 is 2.13 bits per heavy atom. The summed E-state index contributed by atoms with van der Waals surface area (Å²) in [4.78, 5) is 17.2. The van der Waals surface area contributed by atoms with Crippen LogP contribution in [-0.4, -0.2) is 24.4 Å². The minimum Gasteiger partial charge on any atom is -0.357 e. The van der Waals surface area contributed by atoms with Gasteiger partial charge in [0.2, 0.25) is 0 Å². The van der Waals surface area contributed by atoms with Gasteiger partial charge in [0.25, 0.3) is 0 Å². The summed E-state index contributed by atoms with van der Waals surface area (Å²) in [7, 11) is 0. The molecule has 1 aromatic heterocycles. The van der Waals surface area contributed by atoms with E-state index in [4.69, 9.17) is 0 Å². The van der Waals surface area contributed by atoms with Crippen molar-refractivity contribution in [2.24, 2.45) is 5.92 Å². The molecular weight excluding hydrogens is 303 g/mol. The zero-order valence-electron chi connectivity index (χ0n) is 8.40. The zero-order chi connectivity index (χ0) is 10.7. The second kappa shape index (κ2) is 4.92. The number of aromatic nitrogens is 1. The van der Waals surface area contributed by atoms with Crippen LogP contribution in [-0.2, 0) is 4.79 Å². The van der Waals surface area contributed by atoms with Crippen molar-refractivity contribution in [1.29, 1.82) is 0 Å². The van der Waals surface area contributed by atoms with E-state index in [1.165, 1.54) is 0 Å². The van der Waals surface area contributed by atoms with Gasteiger partial charge in [-0.3, -0.25) is 0 Å². The van der Waals surface area contributed by atoms with Gasteiger partial charge in [-0.05, 0) is 47.6 Å². The number of hydrogen-bond acceptors (Lipinski definition) is 3. The van der Waals surface area contributed by atoms with E-state index in [9.17, 15) is 4.79 Å².